The summed E-state index contributed by atoms with van der Waals surface area (Å²) in [6.07, 6.45) is 4.65. The molecule has 12 heteroatoms. The molecule has 11 nitrogen and oxygen atoms in total. The van der Waals surface area contributed by atoms with Gasteiger partial charge >= 0.3 is 6.09 Å². The van der Waals surface area contributed by atoms with Gasteiger partial charge in [0, 0.05) is 43.2 Å². The van der Waals surface area contributed by atoms with Gasteiger partial charge in [-0.2, -0.15) is 8.42 Å². The van der Waals surface area contributed by atoms with E-state index in [1.807, 2.05) is 57.2 Å². The number of ether oxygens (including phenoxy) is 5. The molecule has 3 aromatic rings. The third kappa shape index (κ3) is 12.6. The van der Waals surface area contributed by atoms with Gasteiger partial charge in [0.2, 0.25) is 0 Å². The van der Waals surface area contributed by atoms with E-state index in [2.05, 4.69) is 35.2 Å². The number of methoxy groups -OCH3 is 1. The molecule has 5 rings (SSSR count). The number of para-hydroxylation sites is 1. The van der Waals surface area contributed by atoms with Gasteiger partial charge in [-0.3, -0.25) is 4.18 Å². The number of benzene rings is 3. The van der Waals surface area contributed by atoms with E-state index in [1.165, 1.54) is 5.56 Å². The zero-order chi connectivity index (χ0) is 37.8. The molecular formula is C41H56N2O9S. The van der Waals surface area contributed by atoms with E-state index >= 15 is 0 Å². The quantitative estimate of drug-likeness (QED) is 0.105. The molecular weight excluding hydrogens is 697 g/mol. The number of anilines is 1. The molecule has 0 aliphatic carbocycles. The van der Waals surface area contributed by atoms with Crippen molar-refractivity contribution in [1.82, 2.24) is 4.90 Å². The van der Waals surface area contributed by atoms with Crippen LogP contribution in [0.25, 0.3) is 0 Å². The normalized spacial score (nSPS) is 17.7. The first-order valence-corrected chi connectivity index (χ1v) is 20.4. The molecule has 2 heterocycles. The van der Waals surface area contributed by atoms with Gasteiger partial charge in [0.05, 0.1) is 59.0 Å². The van der Waals surface area contributed by atoms with Crippen LogP contribution in [0.3, 0.4) is 0 Å². The van der Waals surface area contributed by atoms with Crippen LogP contribution in [0.15, 0.2) is 66.7 Å². The number of fused-ring (bicyclic) bond motifs is 1. The van der Waals surface area contributed by atoms with Gasteiger partial charge < -0.3 is 33.5 Å². The van der Waals surface area contributed by atoms with Gasteiger partial charge in [0.15, 0.2) is 0 Å². The summed E-state index contributed by atoms with van der Waals surface area (Å²) in [6.45, 7) is 10.4. The second-order valence-corrected chi connectivity index (χ2v) is 16.4. The van der Waals surface area contributed by atoms with Crippen molar-refractivity contribution in [1.29, 1.82) is 0 Å². The van der Waals surface area contributed by atoms with E-state index in [1.54, 1.807) is 12.0 Å². The number of hydrogen-bond donors (Lipinski definition) is 0. The van der Waals surface area contributed by atoms with Crippen molar-refractivity contribution in [3.05, 3.63) is 89.0 Å². The molecule has 0 N–H and O–H groups in total. The number of carbonyl (C=O) groups excluding carboxylic acids is 1. The van der Waals surface area contributed by atoms with Crippen molar-refractivity contribution in [2.24, 2.45) is 0 Å². The maximum Gasteiger partial charge on any atom is 0.410 e. The van der Waals surface area contributed by atoms with Gasteiger partial charge in [-0.25, -0.2) is 4.79 Å². The summed E-state index contributed by atoms with van der Waals surface area (Å²) in [5.74, 6) is 1.70. The SMILES string of the molecule is COc1ccccc1COCCCOc1ccc([C@H]2CCN(C(=O)OC(C)(C)C)C[C@@H]2OCc2ccc3c(c2)N(CCCOS(C)(=O)=O)CCC3)cc1. The minimum absolute atomic E-state index is 0.0788. The molecule has 2 atom stereocenters. The van der Waals surface area contributed by atoms with Crippen LogP contribution in [0.4, 0.5) is 10.5 Å². The van der Waals surface area contributed by atoms with Gasteiger partial charge in [0.25, 0.3) is 10.1 Å². The molecule has 2 aliphatic rings. The minimum Gasteiger partial charge on any atom is -0.496 e. The number of rotatable bonds is 17. The Morgan fingerprint density at radius 3 is 2.47 bits per heavy atom. The molecule has 53 heavy (non-hydrogen) atoms. The lowest BCUT2D eigenvalue weighted by Crippen LogP contribution is -2.48. The Morgan fingerprint density at radius 1 is 0.925 bits per heavy atom. The van der Waals surface area contributed by atoms with Crippen LogP contribution >= 0.6 is 0 Å². The monoisotopic (exact) mass is 752 g/mol. The first kappa shape index (κ1) is 40.3. The van der Waals surface area contributed by atoms with Gasteiger partial charge in [0.1, 0.15) is 17.1 Å². The predicted octanol–water partition coefficient (Wildman–Crippen LogP) is 7.11. The third-order valence-electron chi connectivity index (χ3n) is 9.37. The lowest BCUT2D eigenvalue weighted by atomic mass is 9.87. The highest BCUT2D eigenvalue weighted by Crippen LogP contribution is 2.34. The smallest absolute Gasteiger partial charge is 0.410 e. The maximum absolute atomic E-state index is 13.1. The fourth-order valence-corrected chi connectivity index (χ4v) is 7.23. The molecule has 2 aliphatic heterocycles. The van der Waals surface area contributed by atoms with E-state index in [9.17, 15) is 13.2 Å². The maximum atomic E-state index is 13.1. The zero-order valence-electron chi connectivity index (χ0n) is 31.9. The molecule has 1 saturated heterocycles. The topological polar surface area (TPSA) is 113 Å². The summed E-state index contributed by atoms with van der Waals surface area (Å²) in [6, 6.07) is 22.5. The number of hydrogen-bond acceptors (Lipinski definition) is 10. The minimum atomic E-state index is -3.46. The fourth-order valence-electron chi connectivity index (χ4n) is 6.81. The molecule has 0 radical (unpaired) electrons. The van der Waals surface area contributed by atoms with E-state index < -0.39 is 15.7 Å². The second kappa shape index (κ2) is 19.0. The summed E-state index contributed by atoms with van der Waals surface area (Å²) < 4.78 is 57.4. The standard InChI is InChI=1S/C41H56N2O9S/c1-41(2,3)52-40(44)43-23-20-36(32-16-18-35(19-17-32)49-25-10-24-48-30-34-11-6-7-13-38(34)47-4)39(28-43)50-29-31-14-15-33-12-8-21-42(37(33)27-31)22-9-26-51-53(5,45)46/h6-7,11,13-19,27,36,39H,8-10,12,20-26,28-30H2,1-5H3/t36-,39+/m1/s1. The Bertz CT molecular complexity index is 1730. The molecule has 0 saturated carbocycles. The number of aryl methyl sites for hydroxylation is 1. The number of nitrogens with zero attached hydrogens (tertiary/aromatic N) is 2. The molecule has 0 unspecified atom stereocenters. The van der Waals surface area contributed by atoms with Gasteiger partial charge in [-0.15, -0.1) is 0 Å². The molecule has 3 aromatic carbocycles. The fraction of sp³-hybridized carbons (Fsp3) is 0.537. The average molecular weight is 753 g/mol. The van der Waals surface area contributed by atoms with E-state index in [0.717, 1.165) is 72.4 Å². The molecule has 1 amide bonds. The number of amides is 1. The van der Waals surface area contributed by atoms with Crippen LogP contribution < -0.4 is 14.4 Å². The Balaban J connectivity index is 1.19. The van der Waals surface area contributed by atoms with Crippen molar-refractivity contribution in [3.63, 3.8) is 0 Å². The number of likely N-dealkylation sites (tertiary alicyclic amines) is 1. The van der Waals surface area contributed by atoms with Crippen molar-refractivity contribution in [3.8, 4) is 11.5 Å². The van der Waals surface area contributed by atoms with Crippen LogP contribution in [0.2, 0.25) is 0 Å². The largest absolute Gasteiger partial charge is 0.496 e. The van der Waals surface area contributed by atoms with Crippen molar-refractivity contribution < 1.29 is 41.1 Å². The van der Waals surface area contributed by atoms with Crippen LogP contribution in [-0.2, 0) is 48.1 Å². The molecule has 1 fully saturated rings. The van der Waals surface area contributed by atoms with Gasteiger partial charge in [-0.1, -0.05) is 42.5 Å². The van der Waals surface area contributed by atoms with E-state index in [0.29, 0.717) is 52.5 Å². The summed E-state index contributed by atoms with van der Waals surface area (Å²) in [5, 5.41) is 0. The Hall–Kier alpha value is -3.84. The summed E-state index contributed by atoms with van der Waals surface area (Å²) in [5.41, 5.74) is 5.05. The van der Waals surface area contributed by atoms with Crippen molar-refractivity contribution >= 4 is 21.9 Å². The van der Waals surface area contributed by atoms with Crippen molar-refractivity contribution in [2.75, 3.05) is 64.3 Å². The van der Waals surface area contributed by atoms with Crippen molar-refractivity contribution in [2.45, 2.75) is 83.7 Å². The van der Waals surface area contributed by atoms with E-state index in [4.69, 9.17) is 27.9 Å². The first-order valence-electron chi connectivity index (χ1n) is 18.6. The number of piperidine rings is 1. The second-order valence-electron chi connectivity index (χ2n) is 14.7. The number of carbonyl (C=O) groups is 1. The van der Waals surface area contributed by atoms with Crippen LogP contribution in [0.5, 0.6) is 11.5 Å². The Kier molecular flexibility index (Phi) is 14.4. The average Bonchev–Trinajstić information content (AvgIpc) is 3.13. The predicted molar refractivity (Wildman–Crippen MR) is 205 cm³/mol. The highest BCUT2D eigenvalue weighted by molar-refractivity contribution is 7.85. The van der Waals surface area contributed by atoms with Crippen LogP contribution in [0, 0.1) is 0 Å². The highest BCUT2D eigenvalue weighted by Gasteiger charge is 2.35. The van der Waals surface area contributed by atoms with Gasteiger partial charge in [-0.05, 0) is 87.4 Å². The molecule has 0 aromatic heterocycles. The van der Waals surface area contributed by atoms with Crippen LogP contribution in [0.1, 0.15) is 74.6 Å². The summed E-state index contributed by atoms with van der Waals surface area (Å²) in [4.78, 5) is 17.2. The zero-order valence-corrected chi connectivity index (χ0v) is 32.7. The molecule has 0 bridgehead atoms. The summed E-state index contributed by atoms with van der Waals surface area (Å²) >= 11 is 0. The molecule has 0 spiro atoms. The Morgan fingerprint density at radius 2 is 1.72 bits per heavy atom. The lowest BCUT2D eigenvalue weighted by molar-refractivity contribution is -0.0359. The Labute approximate surface area is 315 Å². The van der Waals surface area contributed by atoms with E-state index in [-0.39, 0.29) is 24.7 Å². The highest BCUT2D eigenvalue weighted by atomic mass is 32.2. The lowest BCUT2D eigenvalue weighted by Gasteiger charge is -2.39. The molecule has 290 valence electrons. The first-order chi connectivity index (χ1) is 25.4. The van der Waals surface area contributed by atoms with Crippen LogP contribution in [-0.4, -0.2) is 90.5 Å². The third-order valence-corrected chi connectivity index (χ3v) is 9.96. The summed E-state index contributed by atoms with van der Waals surface area (Å²) in [7, 11) is -1.79.